The number of aromatic nitrogens is 3. The van der Waals surface area contributed by atoms with Gasteiger partial charge in [0.1, 0.15) is 11.6 Å². The van der Waals surface area contributed by atoms with Gasteiger partial charge in [-0.05, 0) is 43.9 Å². The number of hydrogen-bond acceptors (Lipinski definition) is 4. The van der Waals surface area contributed by atoms with Crippen molar-refractivity contribution in [3.63, 3.8) is 0 Å². The van der Waals surface area contributed by atoms with Crippen molar-refractivity contribution in [1.29, 1.82) is 0 Å². The Morgan fingerprint density at radius 1 is 1.16 bits per heavy atom. The minimum atomic E-state index is -4.45. The second-order valence-corrected chi connectivity index (χ2v) is 8.57. The van der Waals surface area contributed by atoms with Crippen LogP contribution in [0.3, 0.4) is 0 Å². The lowest BCUT2D eigenvalue weighted by Crippen LogP contribution is -2.45. The molecule has 1 aliphatic carbocycles. The van der Waals surface area contributed by atoms with Crippen molar-refractivity contribution in [1.82, 2.24) is 19.5 Å². The highest BCUT2D eigenvalue weighted by molar-refractivity contribution is 5.92. The number of rotatable bonds is 4. The van der Waals surface area contributed by atoms with Crippen molar-refractivity contribution >= 4 is 11.6 Å². The zero-order valence-corrected chi connectivity index (χ0v) is 17.6. The summed E-state index contributed by atoms with van der Waals surface area (Å²) in [7, 11) is 1.60. The monoisotopic (exact) mass is 444 g/mol. The third kappa shape index (κ3) is 3.40. The number of amides is 1. The van der Waals surface area contributed by atoms with Crippen LogP contribution in [0.15, 0.2) is 42.6 Å². The smallest absolute Gasteiger partial charge is 0.417 e. The number of methoxy groups -OCH3 is 1. The van der Waals surface area contributed by atoms with E-state index in [9.17, 15) is 18.0 Å². The number of hydrogen-bond donors (Lipinski definition) is 0. The number of pyridine rings is 1. The normalized spacial score (nSPS) is 20.4. The predicted molar refractivity (Wildman–Crippen MR) is 110 cm³/mol. The molecule has 3 aromatic rings. The van der Waals surface area contributed by atoms with Crippen LogP contribution in [0.1, 0.15) is 48.6 Å². The summed E-state index contributed by atoms with van der Waals surface area (Å²) >= 11 is 0. The largest absolute Gasteiger partial charge is 0.496 e. The first kappa shape index (κ1) is 20.8. The van der Waals surface area contributed by atoms with Gasteiger partial charge in [-0.2, -0.15) is 13.2 Å². The molecule has 32 heavy (non-hydrogen) atoms. The Hall–Kier alpha value is -3.10. The van der Waals surface area contributed by atoms with Crippen LogP contribution in [0, 0.1) is 0 Å². The van der Waals surface area contributed by atoms with Gasteiger partial charge < -0.3 is 9.64 Å². The van der Waals surface area contributed by atoms with Gasteiger partial charge in [0.15, 0.2) is 5.65 Å². The van der Waals surface area contributed by atoms with Crippen LogP contribution in [0.5, 0.6) is 5.75 Å². The Morgan fingerprint density at radius 3 is 2.66 bits per heavy atom. The lowest BCUT2D eigenvalue weighted by atomic mass is 9.90. The number of halogens is 3. The molecule has 2 fully saturated rings. The molecule has 9 heteroatoms. The standard InChI is InChI=1S/C23H23F3N4O2/c1-32-18-7-3-2-6-17(18)22(10-11-22)21(31)29-12-4-5-15(13-29)20-28-27-19-9-8-16(14-30(19)20)23(24,25)26/h2-3,6-9,14-15H,4-5,10-13H2,1H3. The second kappa shape index (κ2) is 7.50. The highest BCUT2D eigenvalue weighted by Crippen LogP contribution is 2.53. The molecule has 1 atom stereocenters. The minimum absolute atomic E-state index is 0.0523. The van der Waals surface area contributed by atoms with Crippen molar-refractivity contribution in [2.45, 2.75) is 43.2 Å². The van der Waals surface area contributed by atoms with Gasteiger partial charge in [0.05, 0.1) is 18.1 Å². The van der Waals surface area contributed by atoms with Crippen molar-refractivity contribution in [3.05, 3.63) is 59.5 Å². The molecule has 1 aliphatic heterocycles. The topological polar surface area (TPSA) is 59.7 Å². The van der Waals surface area contributed by atoms with Crippen LogP contribution in [-0.2, 0) is 16.4 Å². The van der Waals surface area contributed by atoms with E-state index in [0.29, 0.717) is 30.3 Å². The third-order valence-corrected chi connectivity index (χ3v) is 6.61. The zero-order chi connectivity index (χ0) is 22.5. The number of ether oxygens (including phenoxy) is 1. The number of alkyl halides is 3. The molecule has 1 amide bonds. The average molecular weight is 444 g/mol. The maximum Gasteiger partial charge on any atom is 0.417 e. The number of carbonyl (C=O) groups is 1. The molecular weight excluding hydrogens is 421 g/mol. The van der Waals surface area contributed by atoms with Gasteiger partial charge in [0, 0.05) is 30.8 Å². The molecule has 2 aromatic heterocycles. The maximum atomic E-state index is 13.6. The van der Waals surface area contributed by atoms with Crippen molar-refractivity contribution in [2.24, 2.45) is 0 Å². The lowest BCUT2D eigenvalue weighted by Gasteiger charge is -2.35. The summed E-state index contributed by atoms with van der Waals surface area (Å²) in [6, 6.07) is 9.93. The van der Waals surface area contributed by atoms with Gasteiger partial charge in [-0.1, -0.05) is 18.2 Å². The summed E-state index contributed by atoms with van der Waals surface area (Å²) in [6.45, 7) is 1.03. The molecule has 1 unspecified atom stereocenters. The second-order valence-electron chi connectivity index (χ2n) is 8.57. The summed E-state index contributed by atoms with van der Waals surface area (Å²) < 4.78 is 46.5. The van der Waals surface area contributed by atoms with Crippen LogP contribution >= 0.6 is 0 Å². The van der Waals surface area contributed by atoms with Crippen molar-refractivity contribution in [2.75, 3.05) is 20.2 Å². The first-order chi connectivity index (χ1) is 15.3. The van der Waals surface area contributed by atoms with Crippen LogP contribution in [-0.4, -0.2) is 45.6 Å². The average Bonchev–Trinajstić information content (AvgIpc) is 3.50. The van der Waals surface area contributed by atoms with Gasteiger partial charge >= 0.3 is 6.18 Å². The third-order valence-electron chi connectivity index (χ3n) is 6.61. The Morgan fingerprint density at radius 2 is 1.94 bits per heavy atom. The number of fused-ring (bicyclic) bond motifs is 1. The van der Waals surface area contributed by atoms with E-state index in [-0.39, 0.29) is 11.8 Å². The van der Waals surface area contributed by atoms with Crippen LogP contribution < -0.4 is 4.74 Å². The van der Waals surface area contributed by atoms with Gasteiger partial charge in [-0.25, -0.2) is 0 Å². The summed E-state index contributed by atoms with van der Waals surface area (Å²) in [5.74, 6) is 1.04. The number of carbonyl (C=O) groups excluding carboxylic acids is 1. The zero-order valence-electron chi connectivity index (χ0n) is 17.6. The fourth-order valence-corrected chi connectivity index (χ4v) is 4.79. The van der Waals surface area contributed by atoms with Crippen LogP contribution in [0.25, 0.3) is 5.65 Å². The molecule has 1 saturated heterocycles. The molecule has 1 aromatic carbocycles. The fourth-order valence-electron chi connectivity index (χ4n) is 4.79. The summed E-state index contributed by atoms with van der Waals surface area (Å²) in [5, 5.41) is 8.23. The molecule has 2 aliphatic rings. The van der Waals surface area contributed by atoms with E-state index in [0.717, 1.165) is 43.5 Å². The van der Waals surface area contributed by atoms with E-state index in [1.54, 1.807) is 7.11 Å². The van der Waals surface area contributed by atoms with Crippen molar-refractivity contribution in [3.8, 4) is 5.75 Å². The first-order valence-electron chi connectivity index (χ1n) is 10.7. The Kier molecular flexibility index (Phi) is 4.87. The molecule has 0 bridgehead atoms. The summed E-state index contributed by atoms with van der Waals surface area (Å²) in [4.78, 5) is 15.4. The van der Waals surface area contributed by atoms with Gasteiger partial charge in [-0.15, -0.1) is 10.2 Å². The van der Waals surface area contributed by atoms with E-state index >= 15 is 0 Å². The summed E-state index contributed by atoms with van der Waals surface area (Å²) in [6.07, 6.45) is -0.388. The highest BCUT2D eigenvalue weighted by atomic mass is 19.4. The lowest BCUT2D eigenvalue weighted by molar-refractivity contribution is -0.138. The molecular formula is C23H23F3N4O2. The molecule has 3 heterocycles. The van der Waals surface area contributed by atoms with E-state index in [2.05, 4.69) is 10.2 Å². The van der Waals surface area contributed by atoms with Crippen LogP contribution in [0.2, 0.25) is 0 Å². The molecule has 0 radical (unpaired) electrons. The van der Waals surface area contributed by atoms with Crippen LogP contribution in [0.4, 0.5) is 13.2 Å². The van der Waals surface area contributed by atoms with E-state index in [1.807, 2.05) is 29.2 Å². The molecule has 1 saturated carbocycles. The SMILES string of the molecule is COc1ccccc1C1(C(=O)N2CCCC(c3nnc4ccc(C(F)(F)F)cn34)C2)CC1. The van der Waals surface area contributed by atoms with E-state index in [4.69, 9.17) is 4.74 Å². The maximum absolute atomic E-state index is 13.6. The Bertz CT molecular complexity index is 1170. The number of para-hydroxylation sites is 1. The molecule has 5 rings (SSSR count). The van der Waals surface area contributed by atoms with E-state index < -0.39 is 17.2 Å². The highest BCUT2D eigenvalue weighted by Gasteiger charge is 2.54. The molecule has 6 nitrogen and oxygen atoms in total. The number of likely N-dealkylation sites (tertiary alicyclic amines) is 1. The first-order valence-corrected chi connectivity index (χ1v) is 10.7. The molecule has 0 spiro atoms. The summed E-state index contributed by atoms with van der Waals surface area (Å²) in [5.41, 5.74) is -0.0605. The molecule has 168 valence electrons. The minimum Gasteiger partial charge on any atom is -0.496 e. The van der Waals surface area contributed by atoms with Gasteiger partial charge in [-0.3, -0.25) is 9.20 Å². The predicted octanol–water partition coefficient (Wildman–Crippen LogP) is 4.19. The van der Waals surface area contributed by atoms with E-state index in [1.165, 1.54) is 10.5 Å². The quantitative estimate of drug-likeness (QED) is 0.605. The fraction of sp³-hybridized carbons (Fsp3) is 0.435. The van der Waals surface area contributed by atoms with Crippen molar-refractivity contribution < 1.29 is 22.7 Å². The van der Waals surface area contributed by atoms with Gasteiger partial charge in [0.2, 0.25) is 5.91 Å². The number of benzene rings is 1. The number of piperidine rings is 1. The Balaban J connectivity index is 1.42. The molecule has 0 N–H and O–H groups in total. The number of nitrogens with zero attached hydrogens (tertiary/aromatic N) is 4. The Labute approximate surface area is 183 Å². The van der Waals surface area contributed by atoms with Gasteiger partial charge in [0.25, 0.3) is 0 Å².